The predicted octanol–water partition coefficient (Wildman–Crippen LogP) is 3.14. The van der Waals surface area contributed by atoms with Crippen LogP contribution in [-0.4, -0.2) is 18.2 Å². The van der Waals surface area contributed by atoms with Crippen LogP contribution in [0.3, 0.4) is 0 Å². The summed E-state index contributed by atoms with van der Waals surface area (Å²) in [4.78, 5) is 4.38. The molecule has 92 valence electrons. The van der Waals surface area contributed by atoms with Gasteiger partial charge in [-0.25, -0.2) is 4.98 Å². The molecule has 0 bridgehead atoms. The highest BCUT2D eigenvalue weighted by Gasteiger charge is 2.09. The van der Waals surface area contributed by atoms with Crippen molar-refractivity contribution < 1.29 is 9.15 Å². The molecule has 1 aromatic carbocycles. The van der Waals surface area contributed by atoms with Gasteiger partial charge in [-0.1, -0.05) is 22.9 Å². The van der Waals surface area contributed by atoms with Crippen molar-refractivity contribution in [2.75, 3.05) is 18.9 Å². The van der Waals surface area contributed by atoms with Gasteiger partial charge in [-0.15, -0.1) is 0 Å². The molecular weight excluding hydrogens is 284 g/mol. The zero-order valence-electron chi connectivity index (χ0n) is 9.70. The molecule has 2 rings (SSSR count). The number of hydrogen-bond donors (Lipinski definition) is 1. The Hall–Kier alpha value is -1.07. The number of anilines is 1. The molecule has 0 fully saturated rings. The van der Waals surface area contributed by atoms with E-state index in [1.807, 2.05) is 12.1 Å². The minimum atomic E-state index is 0.600. The maximum Gasteiger partial charge on any atom is 0.197 e. The van der Waals surface area contributed by atoms with Gasteiger partial charge in [-0.3, -0.25) is 0 Å². The molecule has 0 saturated heterocycles. The van der Waals surface area contributed by atoms with E-state index in [4.69, 9.17) is 14.9 Å². The highest BCUT2D eigenvalue weighted by atomic mass is 79.9. The molecule has 1 aromatic heterocycles. The normalized spacial score (nSPS) is 11.2. The van der Waals surface area contributed by atoms with E-state index in [-0.39, 0.29) is 0 Å². The van der Waals surface area contributed by atoms with Gasteiger partial charge in [-0.05, 0) is 18.6 Å². The van der Waals surface area contributed by atoms with Gasteiger partial charge in [0.15, 0.2) is 11.5 Å². The van der Waals surface area contributed by atoms with Crippen molar-refractivity contribution in [2.45, 2.75) is 19.8 Å². The van der Waals surface area contributed by atoms with Crippen LogP contribution in [0.4, 0.5) is 5.69 Å². The van der Waals surface area contributed by atoms with Crippen LogP contribution in [0.15, 0.2) is 21.0 Å². The second-order valence-corrected chi connectivity index (χ2v) is 4.73. The SMILES string of the molecule is CCCOCCc1nc2cc(Br)cc(N)c2o1. The zero-order valence-corrected chi connectivity index (χ0v) is 11.3. The second-order valence-electron chi connectivity index (χ2n) is 3.81. The van der Waals surface area contributed by atoms with Crippen molar-refractivity contribution in [3.63, 3.8) is 0 Å². The number of nitrogens with zero attached hydrogens (tertiary/aromatic N) is 1. The molecular formula is C12H15BrN2O2. The third-order valence-electron chi connectivity index (χ3n) is 2.34. The van der Waals surface area contributed by atoms with Crippen LogP contribution in [-0.2, 0) is 11.2 Å². The van der Waals surface area contributed by atoms with Crippen molar-refractivity contribution in [1.29, 1.82) is 0 Å². The number of benzene rings is 1. The fraction of sp³-hybridized carbons (Fsp3) is 0.417. The quantitative estimate of drug-likeness (QED) is 0.680. The smallest absolute Gasteiger partial charge is 0.197 e. The molecule has 2 aromatic rings. The van der Waals surface area contributed by atoms with Gasteiger partial charge < -0.3 is 14.9 Å². The summed E-state index contributed by atoms with van der Waals surface area (Å²) in [5.41, 5.74) is 7.88. The highest BCUT2D eigenvalue weighted by molar-refractivity contribution is 9.10. The van der Waals surface area contributed by atoms with Crippen molar-refractivity contribution in [3.05, 3.63) is 22.5 Å². The molecule has 0 aliphatic heterocycles. The van der Waals surface area contributed by atoms with Crippen LogP contribution in [0.25, 0.3) is 11.1 Å². The van der Waals surface area contributed by atoms with Gasteiger partial charge in [0.2, 0.25) is 0 Å². The number of halogens is 1. The molecule has 1 heterocycles. The molecule has 0 amide bonds. The lowest BCUT2D eigenvalue weighted by molar-refractivity contribution is 0.133. The summed E-state index contributed by atoms with van der Waals surface area (Å²) in [5, 5.41) is 0. The molecule has 0 spiro atoms. The van der Waals surface area contributed by atoms with Crippen molar-refractivity contribution >= 4 is 32.7 Å². The second kappa shape index (κ2) is 5.51. The number of hydrogen-bond acceptors (Lipinski definition) is 4. The first-order valence-electron chi connectivity index (χ1n) is 5.63. The van der Waals surface area contributed by atoms with Gasteiger partial charge in [-0.2, -0.15) is 0 Å². The maximum atomic E-state index is 5.85. The van der Waals surface area contributed by atoms with E-state index in [2.05, 4.69) is 27.8 Å². The fourth-order valence-corrected chi connectivity index (χ4v) is 2.05. The van der Waals surface area contributed by atoms with E-state index in [9.17, 15) is 0 Å². The topological polar surface area (TPSA) is 61.3 Å². The standard InChI is InChI=1S/C12H15BrN2O2/c1-2-4-16-5-3-11-15-10-7-8(13)6-9(14)12(10)17-11/h6-7H,2-5,14H2,1H3. The van der Waals surface area contributed by atoms with E-state index in [1.165, 1.54) is 0 Å². The molecule has 2 N–H and O–H groups in total. The summed E-state index contributed by atoms with van der Waals surface area (Å²) < 4.78 is 11.9. The highest BCUT2D eigenvalue weighted by Crippen LogP contribution is 2.26. The van der Waals surface area contributed by atoms with Crippen molar-refractivity contribution in [1.82, 2.24) is 4.98 Å². The Morgan fingerprint density at radius 1 is 1.41 bits per heavy atom. The third-order valence-corrected chi connectivity index (χ3v) is 2.79. The molecule has 0 saturated carbocycles. The number of ether oxygens (including phenoxy) is 1. The zero-order chi connectivity index (χ0) is 12.3. The molecule has 0 unspecified atom stereocenters. The van der Waals surface area contributed by atoms with Crippen LogP contribution in [0.5, 0.6) is 0 Å². The first-order valence-corrected chi connectivity index (χ1v) is 6.42. The number of nitrogen functional groups attached to an aromatic ring is 1. The summed E-state index contributed by atoms with van der Waals surface area (Å²) in [6.45, 7) is 3.48. The van der Waals surface area contributed by atoms with Gasteiger partial charge in [0.25, 0.3) is 0 Å². The van der Waals surface area contributed by atoms with Gasteiger partial charge in [0.1, 0.15) is 5.52 Å². The van der Waals surface area contributed by atoms with E-state index in [0.29, 0.717) is 30.2 Å². The summed E-state index contributed by atoms with van der Waals surface area (Å²) >= 11 is 3.38. The average molecular weight is 299 g/mol. The Morgan fingerprint density at radius 2 is 2.24 bits per heavy atom. The summed E-state index contributed by atoms with van der Waals surface area (Å²) in [5.74, 6) is 0.668. The monoisotopic (exact) mass is 298 g/mol. The van der Waals surface area contributed by atoms with E-state index in [1.54, 1.807) is 0 Å². The van der Waals surface area contributed by atoms with Crippen LogP contribution in [0, 0.1) is 0 Å². The Morgan fingerprint density at radius 3 is 3.00 bits per heavy atom. The Balaban J connectivity index is 2.12. The molecule has 17 heavy (non-hydrogen) atoms. The number of rotatable bonds is 5. The maximum absolute atomic E-state index is 5.85. The Bertz CT molecular complexity index is 510. The van der Waals surface area contributed by atoms with E-state index in [0.717, 1.165) is 23.0 Å². The first kappa shape index (κ1) is 12.4. The summed E-state index contributed by atoms with van der Waals surface area (Å²) in [6, 6.07) is 3.70. The average Bonchev–Trinajstić information content (AvgIpc) is 2.67. The lowest BCUT2D eigenvalue weighted by Crippen LogP contribution is -1.99. The predicted molar refractivity (Wildman–Crippen MR) is 70.9 cm³/mol. The number of fused-ring (bicyclic) bond motifs is 1. The van der Waals surface area contributed by atoms with E-state index < -0.39 is 0 Å². The van der Waals surface area contributed by atoms with Gasteiger partial charge >= 0.3 is 0 Å². The lowest BCUT2D eigenvalue weighted by Gasteiger charge is -1.98. The minimum Gasteiger partial charge on any atom is -0.438 e. The minimum absolute atomic E-state index is 0.600. The largest absolute Gasteiger partial charge is 0.438 e. The summed E-state index contributed by atoms with van der Waals surface area (Å²) in [7, 11) is 0. The number of aromatic nitrogens is 1. The van der Waals surface area contributed by atoms with Crippen LogP contribution in [0.2, 0.25) is 0 Å². The first-order chi connectivity index (χ1) is 8.20. The number of oxazole rings is 1. The molecule has 0 radical (unpaired) electrons. The Kier molecular flexibility index (Phi) is 4.02. The summed E-state index contributed by atoms with van der Waals surface area (Å²) in [6.07, 6.45) is 1.69. The van der Waals surface area contributed by atoms with Crippen molar-refractivity contribution in [3.8, 4) is 0 Å². The van der Waals surface area contributed by atoms with Crippen LogP contribution < -0.4 is 5.73 Å². The van der Waals surface area contributed by atoms with Crippen molar-refractivity contribution in [2.24, 2.45) is 0 Å². The lowest BCUT2D eigenvalue weighted by atomic mass is 10.3. The fourth-order valence-electron chi connectivity index (χ4n) is 1.58. The van der Waals surface area contributed by atoms with Gasteiger partial charge in [0, 0.05) is 17.5 Å². The van der Waals surface area contributed by atoms with Crippen LogP contribution in [0.1, 0.15) is 19.2 Å². The third kappa shape index (κ3) is 2.98. The molecule has 0 aliphatic rings. The van der Waals surface area contributed by atoms with Crippen LogP contribution >= 0.6 is 15.9 Å². The number of nitrogens with two attached hydrogens (primary N) is 1. The van der Waals surface area contributed by atoms with Gasteiger partial charge in [0.05, 0.1) is 12.3 Å². The molecule has 0 atom stereocenters. The molecule has 5 heteroatoms. The van der Waals surface area contributed by atoms with E-state index >= 15 is 0 Å². The molecule has 0 aliphatic carbocycles. The molecule has 4 nitrogen and oxygen atoms in total. The Labute approximate surface area is 108 Å².